The van der Waals surface area contributed by atoms with Gasteiger partial charge in [-0.05, 0) is 39.5 Å². The van der Waals surface area contributed by atoms with Gasteiger partial charge in [0.1, 0.15) is 5.82 Å². The van der Waals surface area contributed by atoms with Gasteiger partial charge in [0.2, 0.25) is 5.82 Å². The van der Waals surface area contributed by atoms with Crippen molar-refractivity contribution in [2.75, 3.05) is 0 Å². The van der Waals surface area contributed by atoms with Crippen LogP contribution in [0.15, 0.2) is 0 Å². The predicted octanol–water partition coefficient (Wildman–Crippen LogP) is 2.16. The molecule has 1 fully saturated rings. The molecule has 1 aromatic heterocycles. The minimum Gasteiger partial charge on any atom is -0.330 e. The van der Waals surface area contributed by atoms with Crippen LogP contribution in [0, 0.1) is 0 Å². The van der Waals surface area contributed by atoms with Gasteiger partial charge >= 0.3 is 0 Å². The van der Waals surface area contributed by atoms with Gasteiger partial charge in [-0.15, -0.1) is 5.10 Å². The molecule has 0 saturated carbocycles. The number of amides is 1. The van der Waals surface area contributed by atoms with Crippen LogP contribution in [0.5, 0.6) is 0 Å². The molecule has 1 N–H and O–H groups in total. The molecule has 2 unspecified atom stereocenters. The molecule has 0 aliphatic carbocycles. The van der Waals surface area contributed by atoms with Crippen molar-refractivity contribution in [2.24, 2.45) is 0 Å². The number of piperidine rings is 1. The number of rotatable bonds is 3. The summed E-state index contributed by atoms with van der Waals surface area (Å²) < 4.78 is 0. The number of H-pyrrole nitrogens is 1. The van der Waals surface area contributed by atoms with Crippen LogP contribution in [-0.2, 0) is 6.42 Å². The third kappa shape index (κ3) is 2.54. The van der Waals surface area contributed by atoms with E-state index in [1.165, 1.54) is 6.42 Å². The van der Waals surface area contributed by atoms with E-state index in [1.54, 1.807) is 0 Å². The van der Waals surface area contributed by atoms with Gasteiger partial charge in [0.25, 0.3) is 5.91 Å². The lowest BCUT2D eigenvalue weighted by Gasteiger charge is -2.38. The normalized spacial score (nSPS) is 24.3. The van der Waals surface area contributed by atoms with Crippen molar-refractivity contribution in [2.45, 2.75) is 65.0 Å². The third-order valence-electron chi connectivity index (χ3n) is 3.64. The number of nitrogens with one attached hydrogen (secondary N) is 1. The lowest BCUT2D eigenvalue weighted by atomic mass is 9.97. The Morgan fingerprint density at radius 2 is 2.06 bits per heavy atom. The molecule has 5 nitrogen and oxygen atoms in total. The van der Waals surface area contributed by atoms with E-state index < -0.39 is 0 Å². The molecule has 0 aromatic carbocycles. The molecule has 0 bridgehead atoms. The van der Waals surface area contributed by atoms with Gasteiger partial charge in [0, 0.05) is 18.5 Å². The van der Waals surface area contributed by atoms with Gasteiger partial charge in [-0.25, -0.2) is 4.98 Å². The maximum absolute atomic E-state index is 12.4. The number of hydrogen-bond acceptors (Lipinski definition) is 3. The van der Waals surface area contributed by atoms with Crippen LogP contribution in [0.2, 0.25) is 0 Å². The summed E-state index contributed by atoms with van der Waals surface area (Å²) in [5.74, 6) is 1.09. The highest BCUT2D eigenvalue weighted by molar-refractivity contribution is 5.90. The lowest BCUT2D eigenvalue weighted by Crippen LogP contribution is -2.47. The van der Waals surface area contributed by atoms with Gasteiger partial charge in [-0.1, -0.05) is 6.92 Å². The van der Waals surface area contributed by atoms with E-state index >= 15 is 0 Å². The molecular weight excluding hydrogens is 228 g/mol. The first-order valence-corrected chi connectivity index (χ1v) is 6.87. The lowest BCUT2D eigenvalue weighted by molar-refractivity contribution is 0.0498. The van der Waals surface area contributed by atoms with Gasteiger partial charge in [-0.3, -0.25) is 9.89 Å². The van der Waals surface area contributed by atoms with Crippen molar-refractivity contribution in [1.82, 2.24) is 20.1 Å². The van der Waals surface area contributed by atoms with Crippen LogP contribution in [0.1, 0.15) is 62.9 Å². The molecule has 5 heteroatoms. The number of carbonyl (C=O) groups is 1. The first kappa shape index (κ1) is 13.1. The van der Waals surface area contributed by atoms with Crippen LogP contribution in [0.4, 0.5) is 0 Å². The molecule has 0 spiro atoms. The van der Waals surface area contributed by atoms with Gasteiger partial charge < -0.3 is 4.90 Å². The van der Waals surface area contributed by atoms with Crippen LogP contribution in [-0.4, -0.2) is 38.1 Å². The number of nitrogens with zero attached hydrogens (tertiary/aromatic N) is 3. The quantitative estimate of drug-likeness (QED) is 0.894. The zero-order chi connectivity index (χ0) is 13.1. The monoisotopic (exact) mass is 250 g/mol. The van der Waals surface area contributed by atoms with E-state index in [4.69, 9.17) is 0 Å². The molecule has 1 amide bonds. The molecule has 0 radical (unpaired) electrons. The van der Waals surface area contributed by atoms with E-state index in [1.807, 2.05) is 4.90 Å². The molecular formula is C13H22N4O. The van der Waals surface area contributed by atoms with E-state index in [0.29, 0.717) is 5.82 Å². The zero-order valence-corrected chi connectivity index (χ0v) is 11.4. The molecule has 100 valence electrons. The first-order chi connectivity index (χ1) is 8.63. The molecule has 2 rings (SSSR count). The standard InChI is InChI=1S/C13H22N4O/c1-4-6-11-14-12(16-15-11)13(18)17-9(2)7-5-8-10(17)3/h9-10H,4-8H2,1-3H3,(H,14,15,16). The van der Waals surface area contributed by atoms with Crippen LogP contribution in [0.3, 0.4) is 0 Å². The van der Waals surface area contributed by atoms with Crippen LogP contribution in [0.25, 0.3) is 0 Å². The summed E-state index contributed by atoms with van der Waals surface area (Å²) in [6.07, 6.45) is 5.18. The number of aromatic amines is 1. The fraction of sp³-hybridized carbons (Fsp3) is 0.769. The summed E-state index contributed by atoms with van der Waals surface area (Å²) in [5, 5.41) is 6.90. The zero-order valence-electron chi connectivity index (χ0n) is 11.4. The van der Waals surface area contributed by atoms with Crippen molar-refractivity contribution in [3.63, 3.8) is 0 Å². The van der Waals surface area contributed by atoms with Gasteiger partial charge in [-0.2, -0.15) is 0 Å². The predicted molar refractivity (Wildman–Crippen MR) is 69.3 cm³/mol. The summed E-state index contributed by atoms with van der Waals surface area (Å²) in [6, 6.07) is 0.573. The Kier molecular flexibility index (Phi) is 3.99. The Bertz CT molecular complexity index is 405. The summed E-state index contributed by atoms with van der Waals surface area (Å²) >= 11 is 0. The minimum atomic E-state index is -0.0340. The Balaban J connectivity index is 2.13. The Morgan fingerprint density at radius 1 is 1.39 bits per heavy atom. The maximum Gasteiger partial charge on any atom is 0.294 e. The molecule has 1 aliphatic heterocycles. The fourth-order valence-electron chi connectivity index (χ4n) is 2.68. The number of likely N-dealkylation sites (tertiary alicyclic amines) is 1. The molecule has 2 atom stereocenters. The highest BCUT2D eigenvalue weighted by atomic mass is 16.2. The topological polar surface area (TPSA) is 61.9 Å². The summed E-state index contributed by atoms with van der Waals surface area (Å²) in [6.45, 7) is 6.29. The third-order valence-corrected chi connectivity index (χ3v) is 3.64. The highest BCUT2D eigenvalue weighted by Crippen LogP contribution is 2.23. The largest absolute Gasteiger partial charge is 0.330 e. The number of aromatic nitrogens is 3. The Hall–Kier alpha value is -1.39. The SMILES string of the molecule is CCCc1nc(C(=O)N2C(C)CCCC2C)n[nH]1. The van der Waals surface area contributed by atoms with Crippen molar-refractivity contribution in [3.8, 4) is 0 Å². The van der Waals surface area contributed by atoms with Crippen molar-refractivity contribution in [1.29, 1.82) is 0 Å². The number of carbonyl (C=O) groups excluding carboxylic acids is 1. The molecule has 1 saturated heterocycles. The summed E-state index contributed by atoms with van der Waals surface area (Å²) in [4.78, 5) is 18.6. The first-order valence-electron chi connectivity index (χ1n) is 6.87. The van der Waals surface area contributed by atoms with Crippen molar-refractivity contribution >= 4 is 5.91 Å². The maximum atomic E-state index is 12.4. The van der Waals surface area contributed by atoms with Crippen molar-refractivity contribution < 1.29 is 4.79 Å². The Morgan fingerprint density at radius 3 is 2.67 bits per heavy atom. The summed E-state index contributed by atoms with van der Waals surface area (Å²) in [5.41, 5.74) is 0. The van der Waals surface area contributed by atoms with Crippen LogP contribution < -0.4 is 0 Å². The van der Waals surface area contributed by atoms with Crippen molar-refractivity contribution in [3.05, 3.63) is 11.6 Å². The minimum absolute atomic E-state index is 0.0340. The molecule has 2 heterocycles. The van der Waals surface area contributed by atoms with Gasteiger partial charge in [0.05, 0.1) is 0 Å². The summed E-state index contributed by atoms with van der Waals surface area (Å²) in [7, 11) is 0. The van der Waals surface area contributed by atoms with E-state index in [2.05, 4.69) is 36.0 Å². The molecule has 1 aliphatic rings. The number of hydrogen-bond donors (Lipinski definition) is 1. The van der Waals surface area contributed by atoms with Gasteiger partial charge in [0.15, 0.2) is 0 Å². The van der Waals surface area contributed by atoms with E-state index in [0.717, 1.165) is 31.5 Å². The Labute approximate surface area is 108 Å². The molecule has 18 heavy (non-hydrogen) atoms. The second-order valence-corrected chi connectivity index (χ2v) is 5.20. The average molecular weight is 250 g/mol. The number of aryl methyl sites for hydroxylation is 1. The highest BCUT2D eigenvalue weighted by Gasteiger charge is 2.31. The van der Waals surface area contributed by atoms with E-state index in [-0.39, 0.29) is 18.0 Å². The smallest absolute Gasteiger partial charge is 0.294 e. The van der Waals surface area contributed by atoms with Crippen LogP contribution >= 0.6 is 0 Å². The van der Waals surface area contributed by atoms with E-state index in [9.17, 15) is 4.79 Å². The second-order valence-electron chi connectivity index (χ2n) is 5.20. The second kappa shape index (κ2) is 5.50. The fourth-order valence-corrected chi connectivity index (χ4v) is 2.68. The average Bonchev–Trinajstić information content (AvgIpc) is 2.78. The molecule has 1 aromatic rings.